The molecule has 0 atom stereocenters. The van der Waals surface area contributed by atoms with Gasteiger partial charge in [0.05, 0.1) is 4.90 Å². The Morgan fingerprint density at radius 2 is 1.68 bits per heavy atom. The van der Waals surface area contributed by atoms with Gasteiger partial charge in [0.15, 0.2) is 0 Å². The molecule has 1 aliphatic rings. The van der Waals surface area contributed by atoms with Crippen LogP contribution in [-0.4, -0.2) is 54.7 Å². The molecule has 0 aliphatic carbocycles. The summed E-state index contributed by atoms with van der Waals surface area (Å²) in [5, 5.41) is 0.486. The Morgan fingerprint density at radius 3 is 2.28 bits per heavy atom. The van der Waals surface area contributed by atoms with E-state index in [-0.39, 0.29) is 23.9 Å². The van der Waals surface area contributed by atoms with Crippen molar-refractivity contribution in [2.45, 2.75) is 11.8 Å². The third-order valence-electron chi connectivity index (χ3n) is 4.08. The van der Waals surface area contributed by atoms with Gasteiger partial charge in [-0.3, -0.25) is 4.79 Å². The Balaban J connectivity index is 1.69. The van der Waals surface area contributed by atoms with E-state index in [9.17, 15) is 13.2 Å². The summed E-state index contributed by atoms with van der Waals surface area (Å²) in [5.74, 6) is -0.174. The molecule has 0 radical (unpaired) electrons. The van der Waals surface area contributed by atoms with Crippen LogP contribution in [0.25, 0.3) is 0 Å². The lowest BCUT2D eigenvalue weighted by molar-refractivity contribution is 0.0691. The highest BCUT2D eigenvalue weighted by Gasteiger charge is 2.30. The summed E-state index contributed by atoms with van der Waals surface area (Å²) in [6, 6.07) is 11.4. The van der Waals surface area contributed by atoms with Crippen molar-refractivity contribution in [1.29, 1.82) is 0 Å². The van der Waals surface area contributed by atoms with Crippen LogP contribution in [0.2, 0.25) is 5.02 Å². The van der Waals surface area contributed by atoms with Crippen molar-refractivity contribution < 1.29 is 13.2 Å². The minimum Gasteiger partial charge on any atom is -0.335 e. The van der Waals surface area contributed by atoms with E-state index in [2.05, 4.69) is 4.98 Å². The summed E-state index contributed by atoms with van der Waals surface area (Å²) in [7, 11) is -3.58. The number of sulfonamides is 1. The van der Waals surface area contributed by atoms with E-state index in [0.29, 0.717) is 23.8 Å². The van der Waals surface area contributed by atoms with E-state index in [4.69, 9.17) is 11.6 Å². The topological polar surface area (TPSA) is 70.6 Å². The fourth-order valence-corrected chi connectivity index (χ4v) is 4.26. The lowest BCUT2D eigenvalue weighted by atomic mass is 10.2. The van der Waals surface area contributed by atoms with Gasteiger partial charge in [-0.25, -0.2) is 13.4 Å². The number of hydrogen-bond donors (Lipinski definition) is 0. The molecule has 0 bridgehead atoms. The number of pyridine rings is 1. The van der Waals surface area contributed by atoms with Crippen LogP contribution in [0.5, 0.6) is 0 Å². The first kappa shape index (κ1) is 17.8. The average molecular weight is 380 g/mol. The van der Waals surface area contributed by atoms with Gasteiger partial charge in [-0.05, 0) is 43.3 Å². The van der Waals surface area contributed by atoms with E-state index in [1.165, 1.54) is 16.4 Å². The molecule has 1 saturated heterocycles. The fourth-order valence-electron chi connectivity index (χ4n) is 2.71. The van der Waals surface area contributed by atoms with Crippen LogP contribution in [0.15, 0.2) is 47.4 Å². The second-order valence-electron chi connectivity index (χ2n) is 5.81. The Bertz CT molecular complexity index is 876. The van der Waals surface area contributed by atoms with Gasteiger partial charge in [-0.15, -0.1) is 0 Å². The molecular weight excluding hydrogens is 362 g/mol. The largest absolute Gasteiger partial charge is 0.335 e. The number of rotatable bonds is 3. The zero-order valence-corrected chi connectivity index (χ0v) is 15.3. The number of carbonyl (C=O) groups excluding carboxylic acids is 1. The van der Waals surface area contributed by atoms with Crippen LogP contribution < -0.4 is 0 Å². The molecule has 2 heterocycles. The van der Waals surface area contributed by atoms with Crippen molar-refractivity contribution in [2.75, 3.05) is 26.2 Å². The number of halogens is 1. The zero-order valence-electron chi connectivity index (χ0n) is 13.7. The van der Waals surface area contributed by atoms with Gasteiger partial charge in [0.25, 0.3) is 5.91 Å². The van der Waals surface area contributed by atoms with Crippen molar-refractivity contribution in [3.63, 3.8) is 0 Å². The van der Waals surface area contributed by atoms with Crippen molar-refractivity contribution in [3.05, 3.63) is 58.9 Å². The van der Waals surface area contributed by atoms with E-state index in [1.807, 2.05) is 13.0 Å². The smallest absolute Gasteiger partial charge is 0.272 e. The zero-order chi connectivity index (χ0) is 18.0. The summed E-state index contributed by atoms with van der Waals surface area (Å²) < 4.78 is 26.7. The first-order chi connectivity index (χ1) is 11.9. The standard InChI is InChI=1S/C17H18ClN3O3S/c1-13-3-2-4-16(19-13)17(22)20-9-11-21(12-10-20)25(23,24)15-7-5-14(18)6-8-15/h2-8H,9-12H2,1H3. The molecule has 2 aromatic rings. The van der Waals surface area contributed by atoms with Gasteiger partial charge in [-0.2, -0.15) is 4.31 Å². The molecule has 0 saturated carbocycles. The number of nitrogens with zero attached hydrogens (tertiary/aromatic N) is 3. The minimum atomic E-state index is -3.58. The van der Waals surface area contributed by atoms with Gasteiger partial charge in [0.1, 0.15) is 5.69 Å². The van der Waals surface area contributed by atoms with Crippen LogP contribution in [-0.2, 0) is 10.0 Å². The summed E-state index contributed by atoms with van der Waals surface area (Å²) in [6.45, 7) is 3.00. The molecule has 1 amide bonds. The first-order valence-corrected chi connectivity index (χ1v) is 9.68. The monoisotopic (exact) mass is 379 g/mol. The summed E-state index contributed by atoms with van der Waals surface area (Å²) >= 11 is 5.81. The van der Waals surface area contributed by atoms with Gasteiger partial charge >= 0.3 is 0 Å². The predicted molar refractivity (Wildman–Crippen MR) is 95.1 cm³/mol. The fraction of sp³-hybridized carbons (Fsp3) is 0.294. The second kappa shape index (κ2) is 7.11. The van der Waals surface area contributed by atoms with Crippen LogP contribution in [0.4, 0.5) is 0 Å². The van der Waals surface area contributed by atoms with Crippen molar-refractivity contribution in [1.82, 2.24) is 14.2 Å². The number of benzene rings is 1. The predicted octanol–water partition coefficient (Wildman–Crippen LogP) is 2.19. The van der Waals surface area contributed by atoms with Crippen molar-refractivity contribution in [2.24, 2.45) is 0 Å². The van der Waals surface area contributed by atoms with E-state index in [0.717, 1.165) is 5.69 Å². The molecule has 0 N–H and O–H groups in total. The van der Waals surface area contributed by atoms with Gasteiger partial charge in [0, 0.05) is 36.9 Å². The van der Waals surface area contributed by atoms with Crippen molar-refractivity contribution >= 4 is 27.5 Å². The molecular formula is C17H18ClN3O3S. The van der Waals surface area contributed by atoms with E-state index < -0.39 is 10.0 Å². The molecule has 132 valence electrons. The quantitative estimate of drug-likeness (QED) is 0.819. The normalized spacial score (nSPS) is 16.0. The average Bonchev–Trinajstić information content (AvgIpc) is 2.61. The molecule has 8 heteroatoms. The maximum Gasteiger partial charge on any atom is 0.272 e. The maximum absolute atomic E-state index is 12.7. The first-order valence-electron chi connectivity index (χ1n) is 7.86. The Morgan fingerprint density at radius 1 is 1.04 bits per heavy atom. The van der Waals surface area contributed by atoms with Crippen molar-refractivity contribution in [3.8, 4) is 0 Å². The number of aromatic nitrogens is 1. The highest BCUT2D eigenvalue weighted by atomic mass is 35.5. The summed E-state index contributed by atoms with van der Waals surface area (Å²) in [6.07, 6.45) is 0. The molecule has 1 aromatic heterocycles. The molecule has 1 aromatic carbocycles. The molecule has 3 rings (SSSR count). The Labute approximate surface area is 152 Å². The Kier molecular flexibility index (Phi) is 5.08. The third-order valence-corrected chi connectivity index (χ3v) is 6.25. The number of carbonyl (C=O) groups is 1. The minimum absolute atomic E-state index is 0.174. The Hall–Kier alpha value is -1.96. The van der Waals surface area contributed by atoms with E-state index in [1.54, 1.807) is 29.2 Å². The van der Waals surface area contributed by atoms with Gasteiger partial charge in [-0.1, -0.05) is 17.7 Å². The second-order valence-corrected chi connectivity index (χ2v) is 8.19. The highest BCUT2D eigenvalue weighted by molar-refractivity contribution is 7.89. The highest BCUT2D eigenvalue weighted by Crippen LogP contribution is 2.20. The molecule has 0 spiro atoms. The molecule has 25 heavy (non-hydrogen) atoms. The van der Waals surface area contributed by atoms with Gasteiger partial charge < -0.3 is 4.90 Å². The third kappa shape index (κ3) is 3.84. The van der Waals surface area contributed by atoms with Gasteiger partial charge in [0.2, 0.25) is 10.0 Å². The van der Waals surface area contributed by atoms with E-state index >= 15 is 0 Å². The lowest BCUT2D eigenvalue weighted by Gasteiger charge is -2.33. The number of hydrogen-bond acceptors (Lipinski definition) is 4. The van der Waals surface area contributed by atoms with Crippen LogP contribution in [0.3, 0.4) is 0 Å². The van der Waals surface area contributed by atoms with Crippen LogP contribution >= 0.6 is 11.6 Å². The molecule has 1 fully saturated rings. The molecule has 0 unspecified atom stereocenters. The molecule has 1 aliphatic heterocycles. The van der Waals surface area contributed by atoms with Crippen LogP contribution in [0, 0.1) is 6.92 Å². The number of piperazine rings is 1. The summed E-state index contributed by atoms with van der Waals surface area (Å²) in [5.41, 5.74) is 1.16. The SMILES string of the molecule is Cc1cccc(C(=O)N2CCN(S(=O)(=O)c3ccc(Cl)cc3)CC2)n1. The maximum atomic E-state index is 12.7. The summed E-state index contributed by atoms with van der Waals surface area (Å²) in [4.78, 5) is 18.6. The number of aryl methyl sites for hydroxylation is 1. The lowest BCUT2D eigenvalue weighted by Crippen LogP contribution is -2.50. The number of amides is 1. The van der Waals surface area contributed by atoms with Crippen LogP contribution in [0.1, 0.15) is 16.2 Å². The molecule has 6 nitrogen and oxygen atoms in total.